The van der Waals surface area contributed by atoms with Gasteiger partial charge in [0.25, 0.3) is 0 Å². The van der Waals surface area contributed by atoms with Crippen LogP contribution in [0.4, 0.5) is 0 Å². The van der Waals surface area contributed by atoms with Crippen LogP contribution < -0.4 is 16.0 Å². The molecule has 0 N–H and O–H groups in total. The maximum atomic E-state index is 12.4. The summed E-state index contributed by atoms with van der Waals surface area (Å²) in [7, 11) is 0. The van der Waals surface area contributed by atoms with Crippen LogP contribution in [-0.4, -0.2) is 5.97 Å². The molecule has 26 heavy (non-hydrogen) atoms. The van der Waals surface area contributed by atoms with E-state index >= 15 is 0 Å². The zero-order chi connectivity index (χ0) is 18.3. The zero-order valence-corrected chi connectivity index (χ0v) is 13.6. The molecule has 128 valence electrons. The number of para-hydroxylation sites is 1. The van der Waals surface area contributed by atoms with Crippen molar-refractivity contribution in [2.45, 2.75) is 6.92 Å². The average Bonchev–Trinajstić information content (AvgIpc) is 2.60. The number of esters is 1. The molecular weight excluding hydrogens is 336 g/mol. The first-order valence-corrected chi connectivity index (χ1v) is 7.81. The molecule has 6 heteroatoms. The van der Waals surface area contributed by atoms with Crippen LogP contribution in [0.5, 0.6) is 5.75 Å². The van der Waals surface area contributed by atoms with Crippen molar-refractivity contribution in [3.8, 4) is 5.75 Å². The maximum absolute atomic E-state index is 12.4. The normalized spacial score (nSPS) is 11.0. The van der Waals surface area contributed by atoms with Crippen LogP contribution in [0.2, 0.25) is 0 Å². The standard InChI is InChI=1S/C20H12O6/c1-11-8-18(21)25-17-10-13(6-7-14(11)17)24-19(22)15-9-12-4-2-3-5-16(12)26-20(15)23/h2-10H,1H3. The van der Waals surface area contributed by atoms with Crippen LogP contribution in [0.15, 0.2) is 73.0 Å². The summed E-state index contributed by atoms with van der Waals surface area (Å²) < 4.78 is 15.5. The van der Waals surface area contributed by atoms with Crippen LogP contribution in [-0.2, 0) is 0 Å². The number of fused-ring (bicyclic) bond motifs is 2. The molecule has 0 amide bonds. The predicted molar refractivity (Wildman–Crippen MR) is 94.7 cm³/mol. The van der Waals surface area contributed by atoms with Crippen molar-refractivity contribution in [3.63, 3.8) is 0 Å². The molecule has 0 saturated carbocycles. The Kier molecular flexibility index (Phi) is 3.65. The minimum Gasteiger partial charge on any atom is -0.423 e. The number of hydrogen-bond donors (Lipinski definition) is 0. The van der Waals surface area contributed by atoms with Crippen LogP contribution in [0, 0.1) is 6.92 Å². The molecule has 4 rings (SSSR count). The summed E-state index contributed by atoms with van der Waals surface area (Å²) in [6.45, 7) is 1.78. The largest absolute Gasteiger partial charge is 0.423 e. The Labute approximate surface area is 146 Å². The van der Waals surface area contributed by atoms with Crippen LogP contribution in [0.25, 0.3) is 21.9 Å². The molecule has 0 aliphatic carbocycles. The van der Waals surface area contributed by atoms with Gasteiger partial charge in [-0.3, -0.25) is 0 Å². The topological polar surface area (TPSA) is 86.7 Å². The second kappa shape index (κ2) is 6.00. The van der Waals surface area contributed by atoms with Gasteiger partial charge in [-0.15, -0.1) is 0 Å². The van der Waals surface area contributed by atoms with E-state index in [0.29, 0.717) is 16.6 Å². The molecule has 0 radical (unpaired) electrons. The molecule has 0 unspecified atom stereocenters. The molecule has 2 heterocycles. The monoisotopic (exact) mass is 348 g/mol. The fourth-order valence-electron chi connectivity index (χ4n) is 2.74. The van der Waals surface area contributed by atoms with Crippen molar-refractivity contribution < 1.29 is 18.4 Å². The van der Waals surface area contributed by atoms with E-state index in [1.165, 1.54) is 18.2 Å². The summed E-state index contributed by atoms with van der Waals surface area (Å²) in [6.07, 6.45) is 0. The van der Waals surface area contributed by atoms with Crippen molar-refractivity contribution in [3.05, 3.63) is 86.6 Å². The second-order valence-corrected chi connectivity index (χ2v) is 5.78. The predicted octanol–water partition coefficient (Wildman–Crippen LogP) is 3.43. The van der Waals surface area contributed by atoms with E-state index in [-0.39, 0.29) is 11.3 Å². The van der Waals surface area contributed by atoms with Gasteiger partial charge in [-0.25, -0.2) is 14.4 Å². The number of carbonyl (C=O) groups is 1. The smallest absolute Gasteiger partial charge is 0.351 e. The second-order valence-electron chi connectivity index (χ2n) is 5.78. The Hall–Kier alpha value is -3.67. The van der Waals surface area contributed by atoms with E-state index in [2.05, 4.69) is 0 Å². The van der Waals surface area contributed by atoms with Gasteiger partial charge in [0.2, 0.25) is 0 Å². The summed E-state index contributed by atoms with van der Waals surface area (Å²) in [6, 6.07) is 14.4. The summed E-state index contributed by atoms with van der Waals surface area (Å²) in [5.74, 6) is -0.692. The zero-order valence-electron chi connectivity index (χ0n) is 13.6. The summed E-state index contributed by atoms with van der Waals surface area (Å²) in [5, 5.41) is 1.34. The van der Waals surface area contributed by atoms with Gasteiger partial charge in [-0.1, -0.05) is 18.2 Å². The van der Waals surface area contributed by atoms with Gasteiger partial charge in [0.05, 0.1) is 0 Å². The highest BCUT2D eigenvalue weighted by Gasteiger charge is 2.16. The number of rotatable bonds is 2. The van der Waals surface area contributed by atoms with E-state index < -0.39 is 17.2 Å². The lowest BCUT2D eigenvalue weighted by Gasteiger charge is -2.06. The fourth-order valence-corrected chi connectivity index (χ4v) is 2.74. The van der Waals surface area contributed by atoms with E-state index in [9.17, 15) is 14.4 Å². The van der Waals surface area contributed by atoms with Gasteiger partial charge >= 0.3 is 17.2 Å². The third-order valence-electron chi connectivity index (χ3n) is 3.99. The minimum absolute atomic E-state index is 0.156. The summed E-state index contributed by atoms with van der Waals surface area (Å²) >= 11 is 0. The molecule has 2 aromatic heterocycles. The molecule has 0 atom stereocenters. The van der Waals surface area contributed by atoms with Gasteiger partial charge in [0.15, 0.2) is 0 Å². The van der Waals surface area contributed by atoms with Crippen LogP contribution in [0.1, 0.15) is 15.9 Å². The lowest BCUT2D eigenvalue weighted by Crippen LogP contribution is -2.18. The number of ether oxygens (including phenoxy) is 1. The number of hydrogen-bond acceptors (Lipinski definition) is 6. The Morgan fingerprint density at radius 1 is 0.923 bits per heavy atom. The summed E-state index contributed by atoms with van der Waals surface area (Å²) in [5.41, 5.74) is -0.0489. The highest BCUT2D eigenvalue weighted by Crippen LogP contribution is 2.23. The fraction of sp³-hybridized carbons (Fsp3) is 0.0500. The van der Waals surface area contributed by atoms with Gasteiger partial charge < -0.3 is 13.6 Å². The van der Waals surface area contributed by atoms with Crippen molar-refractivity contribution in [2.24, 2.45) is 0 Å². The van der Waals surface area contributed by atoms with Gasteiger partial charge in [-0.05, 0) is 36.8 Å². The Bertz CT molecular complexity index is 1280. The minimum atomic E-state index is -0.848. The number of benzene rings is 2. The lowest BCUT2D eigenvalue weighted by atomic mass is 10.1. The van der Waals surface area contributed by atoms with Crippen molar-refractivity contribution in [2.75, 3.05) is 0 Å². The van der Waals surface area contributed by atoms with Gasteiger partial charge in [0, 0.05) is 22.9 Å². The van der Waals surface area contributed by atoms with E-state index in [1.54, 1.807) is 43.3 Å². The maximum Gasteiger partial charge on any atom is 0.351 e. The highest BCUT2D eigenvalue weighted by molar-refractivity contribution is 5.94. The molecule has 0 fully saturated rings. The molecule has 0 aliphatic rings. The Morgan fingerprint density at radius 3 is 2.58 bits per heavy atom. The van der Waals surface area contributed by atoms with Crippen LogP contribution in [0.3, 0.4) is 0 Å². The Morgan fingerprint density at radius 2 is 1.73 bits per heavy atom. The highest BCUT2D eigenvalue weighted by atomic mass is 16.5. The first-order chi connectivity index (χ1) is 12.5. The van der Waals surface area contributed by atoms with Crippen LogP contribution >= 0.6 is 0 Å². The van der Waals surface area contributed by atoms with Crippen molar-refractivity contribution in [1.29, 1.82) is 0 Å². The molecule has 0 spiro atoms. The summed E-state index contributed by atoms with van der Waals surface area (Å²) in [4.78, 5) is 35.9. The molecule has 4 aromatic rings. The molecule has 6 nitrogen and oxygen atoms in total. The van der Waals surface area contributed by atoms with Gasteiger partial charge in [-0.2, -0.15) is 0 Å². The molecule has 0 saturated heterocycles. The number of aryl methyl sites for hydroxylation is 1. The third kappa shape index (κ3) is 2.77. The average molecular weight is 348 g/mol. The molecule has 0 bridgehead atoms. The quantitative estimate of drug-likeness (QED) is 0.313. The first kappa shape index (κ1) is 15.8. The number of carbonyl (C=O) groups excluding carboxylic acids is 1. The lowest BCUT2D eigenvalue weighted by molar-refractivity contribution is 0.0730. The molecule has 2 aromatic carbocycles. The van der Waals surface area contributed by atoms with E-state index in [4.69, 9.17) is 13.6 Å². The van der Waals surface area contributed by atoms with Gasteiger partial charge in [0.1, 0.15) is 22.5 Å². The molecule has 0 aliphatic heterocycles. The first-order valence-electron chi connectivity index (χ1n) is 7.81. The van der Waals surface area contributed by atoms with E-state index in [1.807, 2.05) is 0 Å². The third-order valence-corrected chi connectivity index (χ3v) is 3.99. The van der Waals surface area contributed by atoms with E-state index in [0.717, 1.165) is 10.9 Å². The van der Waals surface area contributed by atoms with Crippen molar-refractivity contribution in [1.82, 2.24) is 0 Å². The molecular formula is C20H12O6. The van der Waals surface area contributed by atoms with Crippen molar-refractivity contribution >= 4 is 27.9 Å². The Balaban J connectivity index is 1.72. The SMILES string of the molecule is Cc1cc(=O)oc2cc(OC(=O)c3cc4ccccc4oc3=O)ccc12.